The summed E-state index contributed by atoms with van der Waals surface area (Å²) in [5.41, 5.74) is 8.59. The Labute approximate surface area is 101 Å². The third-order valence-corrected chi connectivity index (χ3v) is 2.52. The van der Waals surface area contributed by atoms with Crippen LogP contribution in [0.3, 0.4) is 0 Å². The van der Waals surface area contributed by atoms with Gasteiger partial charge in [-0.15, -0.1) is 0 Å². The highest BCUT2D eigenvalue weighted by Gasteiger charge is 2.07. The molecule has 0 amide bonds. The highest BCUT2D eigenvalue weighted by Crippen LogP contribution is 2.19. The van der Waals surface area contributed by atoms with Crippen molar-refractivity contribution in [2.45, 2.75) is 13.5 Å². The van der Waals surface area contributed by atoms with Gasteiger partial charge < -0.3 is 10.6 Å². The molecule has 0 spiro atoms. The molecule has 2 rings (SSSR count). The number of hydrogen-bond donors (Lipinski definition) is 1. The average molecular weight is 228 g/mol. The Kier molecular flexibility index (Phi) is 3.23. The van der Waals surface area contributed by atoms with Gasteiger partial charge in [0.2, 0.25) is 0 Å². The predicted molar refractivity (Wildman–Crippen MR) is 69.7 cm³/mol. The first-order valence-corrected chi connectivity index (χ1v) is 5.51. The summed E-state index contributed by atoms with van der Waals surface area (Å²) in [6.45, 7) is 2.68. The molecule has 17 heavy (non-hydrogen) atoms. The third kappa shape index (κ3) is 2.72. The van der Waals surface area contributed by atoms with Crippen molar-refractivity contribution in [3.05, 3.63) is 47.9 Å². The monoisotopic (exact) mass is 228 g/mol. The molecular weight excluding hydrogens is 212 g/mol. The maximum Gasteiger partial charge on any atom is 0.151 e. The van der Waals surface area contributed by atoms with Crippen LogP contribution in [-0.4, -0.2) is 17.0 Å². The van der Waals surface area contributed by atoms with E-state index in [0.29, 0.717) is 12.2 Å². The van der Waals surface area contributed by atoms with Crippen molar-refractivity contribution in [2.24, 2.45) is 0 Å². The molecule has 0 radical (unpaired) electrons. The Balaban J connectivity index is 2.17. The predicted octanol–water partition coefficient (Wildman–Crippen LogP) is 2.00. The Bertz CT molecular complexity index is 510. The number of aromatic nitrogens is 2. The molecule has 0 saturated heterocycles. The lowest BCUT2D eigenvalue weighted by molar-refractivity contribution is 0.861. The van der Waals surface area contributed by atoms with E-state index in [9.17, 15) is 0 Å². The molecule has 0 aliphatic heterocycles. The summed E-state index contributed by atoms with van der Waals surface area (Å²) in [7, 11) is 1.96. The molecule has 2 aromatic rings. The zero-order valence-corrected chi connectivity index (χ0v) is 10.1. The molecule has 0 bridgehead atoms. The summed E-state index contributed by atoms with van der Waals surface area (Å²) in [4.78, 5) is 10.7. The Morgan fingerprint density at radius 3 is 2.76 bits per heavy atom. The maximum atomic E-state index is 5.88. The molecule has 2 N–H and O–H groups in total. The minimum Gasteiger partial charge on any atom is -0.396 e. The minimum absolute atomic E-state index is 0.683. The summed E-state index contributed by atoms with van der Waals surface area (Å²) >= 11 is 0. The van der Waals surface area contributed by atoms with Crippen LogP contribution >= 0.6 is 0 Å². The lowest BCUT2D eigenvalue weighted by Gasteiger charge is -2.19. The van der Waals surface area contributed by atoms with Crippen LogP contribution in [-0.2, 0) is 6.54 Å². The fraction of sp³-hybridized carbons (Fsp3) is 0.231. The van der Waals surface area contributed by atoms with E-state index in [1.165, 1.54) is 0 Å². The molecule has 0 aromatic carbocycles. The van der Waals surface area contributed by atoms with Gasteiger partial charge in [-0.2, -0.15) is 0 Å². The zero-order valence-electron chi connectivity index (χ0n) is 10.1. The first-order chi connectivity index (χ1) is 8.16. The highest BCUT2D eigenvalue weighted by atomic mass is 15.2. The number of nitrogen functional groups attached to an aromatic ring is 1. The van der Waals surface area contributed by atoms with E-state index in [0.717, 1.165) is 17.2 Å². The lowest BCUT2D eigenvalue weighted by Crippen LogP contribution is -2.19. The van der Waals surface area contributed by atoms with Crippen LogP contribution in [0.4, 0.5) is 11.5 Å². The van der Waals surface area contributed by atoms with Crippen molar-refractivity contribution < 1.29 is 0 Å². The van der Waals surface area contributed by atoms with E-state index in [1.807, 2.05) is 49.2 Å². The topological polar surface area (TPSA) is 55.0 Å². The summed E-state index contributed by atoms with van der Waals surface area (Å²) in [5, 5.41) is 0. The first-order valence-electron chi connectivity index (χ1n) is 5.51. The van der Waals surface area contributed by atoms with Gasteiger partial charge in [0.1, 0.15) is 0 Å². The zero-order chi connectivity index (χ0) is 12.3. The van der Waals surface area contributed by atoms with Crippen LogP contribution in [0.15, 0.2) is 36.5 Å². The molecule has 0 fully saturated rings. The van der Waals surface area contributed by atoms with Crippen molar-refractivity contribution in [3.63, 3.8) is 0 Å². The molecule has 4 nitrogen and oxygen atoms in total. The van der Waals surface area contributed by atoms with Crippen LogP contribution < -0.4 is 10.6 Å². The van der Waals surface area contributed by atoms with Gasteiger partial charge in [-0.05, 0) is 31.2 Å². The fourth-order valence-corrected chi connectivity index (χ4v) is 1.73. The summed E-state index contributed by atoms with van der Waals surface area (Å²) in [6.07, 6.45) is 1.74. The lowest BCUT2D eigenvalue weighted by atomic mass is 10.3. The molecule has 0 aliphatic carbocycles. The molecule has 88 valence electrons. The van der Waals surface area contributed by atoms with Crippen molar-refractivity contribution in [1.82, 2.24) is 9.97 Å². The second-order valence-corrected chi connectivity index (χ2v) is 4.04. The molecule has 0 atom stereocenters. The van der Waals surface area contributed by atoms with Crippen molar-refractivity contribution in [3.8, 4) is 0 Å². The standard InChI is InChI=1S/C13H16N4/c1-10-5-3-6-11(16-10)9-17(2)13-12(14)7-4-8-15-13/h3-8H,9,14H2,1-2H3. The van der Waals surface area contributed by atoms with E-state index in [4.69, 9.17) is 5.73 Å². The van der Waals surface area contributed by atoms with Gasteiger partial charge >= 0.3 is 0 Å². The van der Waals surface area contributed by atoms with Gasteiger partial charge in [0.15, 0.2) is 5.82 Å². The molecular formula is C13H16N4. The number of anilines is 2. The summed E-state index contributed by atoms with van der Waals surface area (Å²) in [5.74, 6) is 0.788. The van der Waals surface area contributed by atoms with Crippen LogP contribution in [0.2, 0.25) is 0 Å². The van der Waals surface area contributed by atoms with Gasteiger partial charge in [-0.3, -0.25) is 4.98 Å². The van der Waals surface area contributed by atoms with Gasteiger partial charge in [0.25, 0.3) is 0 Å². The van der Waals surface area contributed by atoms with E-state index >= 15 is 0 Å². The largest absolute Gasteiger partial charge is 0.396 e. The summed E-state index contributed by atoms with van der Waals surface area (Å²) < 4.78 is 0. The number of hydrogen-bond acceptors (Lipinski definition) is 4. The molecule has 4 heteroatoms. The SMILES string of the molecule is Cc1cccc(CN(C)c2ncccc2N)n1. The number of aryl methyl sites for hydroxylation is 1. The van der Waals surface area contributed by atoms with Crippen LogP contribution in [0.5, 0.6) is 0 Å². The van der Waals surface area contributed by atoms with Crippen LogP contribution in [0, 0.1) is 6.92 Å². The van der Waals surface area contributed by atoms with Crippen LogP contribution in [0.25, 0.3) is 0 Å². The smallest absolute Gasteiger partial charge is 0.151 e. The molecule has 0 saturated carbocycles. The number of rotatable bonds is 3. The molecule has 2 aromatic heterocycles. The molecule has 2 heterocycles. The van der Waals surface area contributed by atoms with Crippen LogP contribution in [0.1, 0.15) is 11.4 Å². The van der Waals surface area contributed by atoms with E-state index in [1.54, 1.807) is 6.20 Å². The average Bonchev–Trinajstić information content (AvgIpc) is 2.29. The molecule has 0 unspecified atom stereocenters. The quantitative estimate of drug-likeness (QED) is 0.873. The summed E-state index contributed by atoms with van der Waals surface area (Å²) in [6, 6.07) is 9.68. The van der Waals surface area contributed by atoms with E-state index in [-0.39, 0.29) is 0 Å². The van der Waals surface area contributed by atoms with Gasteiger partial charge in [-0.25, -0.2) is 4.98 Å². The number of pyridine rings is 2. The van der Waals surface area contributed by atoms with E-state index in [2.05, 4.69) is 9.97 Å². The van der Waals surface area contributed by atoms with E-state index < -0.39 is 0 Å². The number of nitrogens with zero attached hydrogens (tertiary/aromatic N) is 3. The van der Waals surface area contributed by atoms with Gasteiger partial charge in [-0.1, -0.05) is 6.07 Å². The highest BCUT2D eigenvalue weighted by molar-refractivity contribution is 5.61. The Hall–Kier alpha value is -2.10. The normalized spacial score (nSPS) is 10.2. The minimum atomic E-state index is 0.683. The van der Waals surface area contributed by atoms with Gasteiger partial charge in [0, 0.05) is 18.9 Å². The van der Waals surface area contributed by atoms with Crippen molar-refractivity contribution in [1.29, 1.82) is 0 Å². The third-order valence-electron chi connectivity index (χ3n) is 2.52. The fourth-order valence-electron chi connectivity index (χ4n) is 1.73. The maximum absolute atomic E-state index is 5.88. The second-order valence-electron chi connectivity index (χ2n) is 4.04. The number of nitrogens with two attached hydrogens (primary N) is 1. The second kappa shape index (κ2) is 4.82. The van der Waals surface area contributed by atoms with Gasteiger partial charge in [0.05, 0.1) is 17.9 Å². The Morgan fingerprint density at radius 2 is 2.06 bits per heavy atom. The molecule has 0 aliphatic rings. The first kappa shape index (κ1) is 11.4. The van der Waals surface area contributed by atoms with Crippen molar-refractivity contribution in [2.75, 3.05) is 17.7 Å². The Morgan fingerprint density at radius 1 is 1.24 bits per heavy atom. The van der Waals surface area contributed by atoms with Crippen molar-refractivity contribution >= 4 is 11.5 Å².